The molecule has 1 aromatic rings. The van der Waals surface area contributed by atoms with Crippen LogP contribution in [0.5, 0.6) is 0 Å². The lowest BCUT2D eigenvalue weighted by atomic mass is 9.32. The summed E-state index contributed by atoms with van der Waals surface area (Å²) in [6, 6.07) is 9.51. The van der Waals surface area contributed by atoms with Gasteiger partial charge in [-0.1, -0.05) is 83.5 Å². The highest BCUT2D eigenvalue weighted by atomic mass is 16.6. The Balaban J connectivity index is 1.39. The van der Waals surface area contributed by atoms with E-state index in [0.717, 1.165) is 37.7 Å². The topological polar surface area (TPSA) is 113 Å². The van der Waals surface area contributed by atoms with Gasteiger partial charge in [0, 0.05) is 17.4 Å². The maximum absolute atomic E-state index is 13.6. The summed E-state index contributed by atoms with van der Waals surface area (Å²) >= 11 is 0. The number of esters is 2. The molecule has 5 aliphatic carbocycles. The number of fused-ring (bicyclic) bond motifs is 7. The molecular weight excluding hydrogens is 592 g/mol. The predicted octanol–water partition coefficient (Wildman–Crippen LogP) is 6.36. The highest BCUT2D eigenvalue weighted by Crippen LogP contribution is 2.76. The summed E-state index contributed by atoms with van der Waals surface area (Å²) in [5.74, 6) is -0.0322. The summed E-state index contributed by atoms with van der Waals surface area (Å²) in [4.78, 5) is 26.8. The highest BCUT2D eigenvalue weighted by molar-refractivity contribution is 5.87. The van der Waals surface area contributed by atoms with Crippen molar-refractivity contribution in [3.05, 3.63) is 53.6 Å². The van der Waals surface area contributed by atoms with Crippen LogP contribution < -0.4 is 0 Å². The van der Waals surface area contributed by atoms with Crippen molar-refractivity contribution < 1.29 is 34.4 Å². The van der Waals surface area contributed by atoms with E-state index < -0.39 is 46.4 Å². The molecule has 0 radical (unpaired) electrons. The van der Waals surface area contributed by atoms with E-state index in [1.165, 1.54) is 18.8 Å². The monoisotopic (exact) mass is 648 g/mol. The van der Waals surface area contributed by atoms with E-state index in [9.17, 15) is 24.9 Å². The molecule has 6 rings (SSSR count). The molecule has 258 valence electrons. The number of hydrogen-bond acceptors (Lipinski definition) is 7. The summed E-state index contributed by atoms with van der Waals surface area (Å²) in [7, 11) is 1.52. The number of aliphatic hydroxyl groups is 3. The van der Waals surface area contributed by atoms with Crippen LogP contribution in [0.1, 0.15) is 92.1 Å². The minimum absolute atomic E-state index is 0.0823. The fourth-order valence-electron chi connectivity index (χ4n) is 12.4. The lowest BCUT2D eigenvalue weighted by molar-refractivity contribution is -0.275. The largest absolute Gasteiger partial charge is 0.469 e. The van der Waals surface area contributed by atoms with E-state index in [0.29, 0.717) is 24.7 Å². The molecule has 7 heteroatoms. The van der Waals surface area contributed by atoms with Crippen LogP contribution in [-0.2, 0) is 19.1 Å². The lowest BCUT2D eigenvalue weighted by Crippen LogP contribution is -2.71. The van der Waals surface area contributed by atoms with Crippen molar-refractivity contribution in [2.75, 3.05) is 13.7 Å². The zero-order chi connectivity index (χ0) is 34.2. The summed E-state index contributed by atoms with van der Waals surface area (Å²) in [6.07, 6.45) is 7.91. The van der Waals surface area contributed by atoms with Gasteiger partial charge >= 0.3 is 11.9 Å². The number of aliphatic hydroxyl groups excluding tert-OH is 3. The Morgan fingerprint density at radius 3 is 2.36 bits per heavy atom. The Kier molecular flexibility index (Phi) is 8.66. The summed E-state index contributed by atoms with van der Waals surface area (Å²) < 4.78 is 11.5. The van der Waals surface area contributed by atoms with Crippen molar-refractivity contribution in [2.45, 2.75) is 105 Å². The maximum atomic E-state index is 13.6. The molecule has 0 aromatic heterocycles. The van der Waals surface area contributed by atoms with E-state index in [1.807, 2.05) is 37.3 Å². The van der Waals surface area contributed by atoms with E-state index in [-0.39, 0.29) is 35.2 Å². The Hall–Kier alpha value is -2.48. The third kappa shape index (κ3) is 4.84. The number of methoxy groups -OCH3 is 1. The zero-order valence-corrected chi connectivity index (χ0v) is 29.4. The molecule has 0 amide bonds. The van der Waals surface area contributed by atoms with Gasteiger partial charge in [-0.15, -0.1) is 0 Å². The maximum Gasteiger partial charge on any atom is 0.331 e. The molecule has 0 heterocycles. The van der Waals surface area contributed by atoms with Gasteiger partial charge in [0.2, 0.25) is 0 Å². The highest BCUT2D eigenvalue weighted by Gasteiger charge is 2.73. The number of rotatable bonds is 5. The molecule has 0 spiro atoms. The lowest BCUT2D eigenvalue weighted by Gasteiger charge is -2.72. The minimum Gasteiger partial charge on any atom is -0.469 e. The quantitative estimate of drug-likeness (QED) is 0.194. The summed E-state index contributed by atoms with van der Waals surface area (Å²) in [6.45, 7) is 13.0. The smallest absolute Gasteiger partial charge is 0.331 e. The van der Waals surface area contributed by atoms with Crippen LogP contribution in [-0.4, -0.2) is 59.3 Å². The van der Waals surface area contributed by atoms with Crippen LogP contribution in [0.4, 0.5) is 0 Å². The van der Waals surface area contributed by atoms with Gasteiger partial charge in [-0.2, -0.15) is 0 Å². The second-order valence-corrected chi connectivity index (χ2v) is 17.0. The van der Waals surface area contributed by atoms with Gasteiger partial charge in [-0.3, -0.25) is 4.79 Å². The van der Waals surface area contributed by atoms with Gasteiger partial charge in [0.25, 0.3) is 0 Å². The van der Waals surface area contributed by atoms with Crippen LogP contribution in [0.2, 0.25) is 0 Å². The molecule has 1 aromatic carbocycles. The summed E-state index contributed by atoms with van der Waals surface area (Å²) in [5, 5.41) is 34.9. The molecule has 3 N–H and O–H groups in total. The van der Waals surface area contributed by atoms with Crippen LogP contribution in [0.25, 0.3) is 6.08 Å². The van der Waals surface area contributed by atoms with Crippen LogP contribution in [0.3, 0.4) is 0 Å². The number of carbonyl (C=O) groups excluding carboxylic acids is 2. The van der Waals surface area contributed by atoms with Crippen LogP contribution >= 0.6 is 0 Å². The van der Waals surface area contributed by atoms with E-state index >= 15 is 0 Å². The van der Waals surface area contributed by atoms with Gasteiger partial charge in [0.1, 0.15) is 6.10 Å². The standard InChI is InChI=1S/C40H56O7/c1-24-17-18-40(35(45)46-7)20-19-38(5)27(32(40)25(24)2)14-15-30-36(3)22-29(47-31(43)16-13-26-11-9-8-10-12-26)34(44)37(4,23-41)33(36)28(42)21-39(30,38)6/h8-14,16,24-25,28-30,32-34,41-42,44H,15,17-23H2,1-7H3/b16-13+/t24-,25+,28-,29-,30-,32-,33-,34+,36-,37+,38-,39-,40+/m1/s1. The van der Waals surface area contributed by atoms with Crippen LogP contribution in [0, 0.1) is 56.7 Å². The average molecular weight is 649 g/mol. The number of benzene rings is 1. The number of carbonyl (C=O) groups is 2. The molecule has 0 saturated heterocycles. The molecule has 4 fully saturated rings. The van der Waals surface area contributed by atoms with Crippen molar-refractivity contribution in [1.29, 1.82) is 0 Å². The normalized spacial score (nSPS) is 47.5. The molecule has 0 unspecified atom stereocenters. The average Bonchev–Trinajstić information content (AvgIpc) is 3.04. The Labute approximate surface area is 280 Å². The molecule has 47 heavy (non-hydrogen) atoms. The minimum atomic E-state index is -1.14. The molecule has 0 bridgehead atoms. The van der Waals surface area contributed by atoms with E-state index in [4.69, 9.17) is 9.47 Å². The van der Waals surface area contributed by atoms with Gasteiger partial charge in [-0.05, 0) is 96.5 Å². The van der Waals surface area contributed by atoms with Crippen molar-refractivity contribution >= 4 is 18.0 Å². The molecule has 13 atom stereocenters. The Morgan fingerprint density at radius 1 is 1.00 bits per heavy atom. The second-order valence-electron chi connectivity index (χ2n) is 17.0. The first-order valence-electron chi connectivity index (χ1n) is 17.8. The van der Waals surface area contributed by atoms with Crippen molar-refractivity contribution in [3.8, 4) is 0 Å². The van der Waals surface area contributed by atoms with Crippen molar-refractivity contribution in [3.63, 3.8) is 0 Å². The first kappa shape index (κ1) is 34.4. The fraction of sp³-hybridized carbons (Fsp3) is 0.700. The third-order valence-electron chi connectivity index (χ3n) is 15.0. The number of hydrogen-bond donors (Lipinski definition) is 3. The molecule has 7 nitrogen and oxygen atoms in total. The summed E-state index contributed by atoms with van der Waals surface area (Å²) in [5.41, 5.74) is -0.519. The van der Waals surface area contributed by atoms with Gasteiger partial charge in [-0.25, -0.2) is 4.79 Å². The van der Waals surface area contributed by atoms with Gasteiger partial charge in [0.05, 0.1) is 31.3 Å². The Bertz CT molecular complexity index is 1440. The van der Waals surface area contributed by atoms with Gasteiger partial charge < -0.3 is 24.8 Å². The van der Waals surface area contributed by atoms with E-state index in [1.54, 1.807) is 6.08 Å². The first-order chi connectivity index (χ1) is 22.1. The van der Waals surface area contributed by atoms with E-state index in [2.05, 4.69) is 40.7 Å². The number of ether oxygens (including phenoxy) is 2. The first-order valence-corrected chi connectivity index (χ1v) is 17.8. The number of allylic oxidation sites excluding steroid dienone is 2. The second kappa shape index (κ2) is 11.8. The zero-order valence-electron chi connectivity index (χ0n) is 29.4. The Morgan fingerprint density at radius 2 is 1.70 bits per heavy atom. The fourth-order valence-corrected chi connectivity index (χ4v) is 12.4. The van der Waals surface area contributed by atoms with Gasteiger partial charge in [0.15, 0.2) is 0 Å². The molecular formula is C40H56O7. The molecule has 5 aliphatic rings. The van der Waals surface area contributed by atoms with Crippen molar-refractivity contribution in [2.24, 2.45) is 56.7 Å². The third-order valence-corrected chi connectivity index (χ3v) is 15.0. The molecule has 0 aliphatic heterocycles. The SMILES string of the molecule is COC(=O)[C@]12CC[C@@H](C)[C@H](C)[C@@H]1C1=CC[C@@H]3[C@@]4(C)C[C@@H](OC(=O)/C=C/c5ccccc5)[C@H](O)[C@@](C)(CO)[C@@H]4[C@H](O)C[C@@]3(C)[C@]1(C)CC2. The predicted molar refractivity (Wildman–Crippen MR) is 181 cm³/mol. The molecule has 4 saturated carbocycles. The van der Waals surface area contributed by atoms with Crippen molar-refractivity contribution in [1.82, 2.24) is 0 Å². The van der Waals surface area contributed by atoms with Crippen LogP contribution in [0.15, 0.2) is 48.1 Å².